The van der Waals surface area contributed by atoms with Gasteiger partial charge in [-0.3, -0.25) is 0 Å². The van der Waals surface area contributed by atoms with E-state index >= 15 is 0 Å². The number of ether oxygens (including phenoxy) is 1. The molecule has 17 heavy (non-hydrogen) atoms. The normalized spacial score (nSPS) is 10.7. The maximum Gasteiger partial charge on any atom is 0.142 e. The summed E-state index contributed by atoms with van der Waals surface area (Å²) in [5.74, 6) is 2.15. The van der Waals surface area contributed by atoms with E-state index in [1.54, 1.807) is 7.11 Å². The van der Waals surface area contributed by atoms with Crippen LogP contribution in [0.15, 0.2) is 18.2 Å². The maximum absolute atomic E-state index is 5.72. The first-order valence-electron chi connectivity index (χ1n) is 6.05. The van der Waals surface area contributed by atoms with Crippen molar-refractivity contribution in [2.45, 2.75) is 26.2 Å². The fraction of sp³-hybridized carbons (Fsp3) is 0.571. The minimum absolute atomic E-state index is 0.520. The van der Waals surface area contributed by atoms with Crippen LogP contribution >= 0.6 is 11.6 Å². The molecule has 0 saturated carbocycles. The molecule has 0 spiro atoms. The number of hydrogen-bond acceptors (Lipinski definition) is 2. The molecule has 0 aliphatic carbocycles. The van der Waals surface area contributed by atoms with Gasteiger partial charge in [-0.25, -0.2) is 0 Å². The summed E-state index contributed by atoms with van der Waals surface area (Å²) in [4.78, 5) is 2.19. The zero-order chi connectivity index (χ0) is 12.8. The van der Waals surface area contributed by atoms with Crippen molar-refractivity contribution in [3.63, 3.8) is 0 Å². The Hall–Kier alpha value is -0.890. The molecule has 96 valence electrons. The minimum atomic E-state index is 0.520. The van der Waals surface area contributed by atoms with Gasteiger partial charge in [0.1, 0.15) is 5.75 Å². The lowest BCUT2D eigenvalue weighted by Gasteiger charge is -2.22. The molecule has 1 rings (SSSR count). The predicted molar refractivity (Wildman–Crippen MR) is 75.7 cm³/mol. The molecule has 3 heteroatoms. The smallest absolute Gasteiger partial charge is 0.142 e. The maximum atomic E-state index is 5.72. The molecule has 0 saturated heterocycles. The van der Waals surface area contributed by atoms with Crippen molar-refractivity contribution in [1.82, 2.24) is 0 Å². The molecule has 0 aromatic heterocycles. The van der Waals surface area contributed by atoms with Crippen LogP contribution in [0.3, 0.4) is 0 Å². The van der Waals surface area contributed by atoms with Gasteiger partial charge in [0.05, 0.1) is 12.8 Å². The van der Waals surface area contributed by atoms with E-state index in [1.165, 1.54) is 5.56 Å². The zero-order valence-electron chi connectivity index (χ0n) is 11.2. The Kier molecular flexibility index (Phi) is 5.63. The van der Waals surface area contributed by atoms with Gasteiger partial charge >= 0.3 is 0 Å². The summed E-state index contributed by atoms with van der Waals surface area (Å²) in [6.07, 6.45) is 0.979. The van der Waals surface area contributed by atoms with Crippen molar-refractivity contribution < 1.29 is 4.74 Å². The van der Waals surface area contributed by atoms with Gasteiger partial charge < -0.3 is 9.64 Å². The molecule has 0 fully saturated rings. The first kappa shape index (κ1) is 14.2. The van der Waals surface area contributed by atoms with E-state index in [9.17, 15) is 0 Å². The Balaban J connectivity index is 2.91. The standard InChI is InChI=1S/C14H22ClNO/c1-11(2)12-6-7-13(14(10-12)17-4)16(3)9-5-8-15/h6-7,10-11H,5,8-9H2,1-4H3. The third kappa shape index (κ3) is 3.81. The highest BCUT2D eigenvalue weighted by molar-refractivity contribution is 6.17. The molecule has 0 unspecified atom stereocenters. The van der Waals surface area contributed by atoms with E-state index in [4.69, 9.17) is 16.3 Å². The van der Waals surface area contributed by atoms with Gasteiger partial charge in [-0.15, -0.1) is 11.6 Å². The first-order chi connectivity index (χ1) is 8.10. The highest BCUT2D eigenvalue weighted by atomic mass is 35.5. The third-order valence-electron chi connectivity index (χ3n) is 2.91. The van der Waals surface area contributed by atoms with Gasteiger partial charge in [0.2, 0.25) is 0 Å². The van der Waals surface area contributed by atoms with Crippen molar-refractivity contribution in [3.8, 4) is 5.75 Å². The van der Waals surface area contributed by atoms with Crippen LogP contribution < -0.4 is 9.64 Å². The second-order valence-electron chi connectivity index (χ2n) is 4.55. The Morgan fingerprint density at radius 1 is 1.35 bits per heavy atom. The van der Waals surface area contributed by atoms with E-state index in [0.29, 0.717) is 11.8 Å². The Labute approximate surface area is 110 Å². The number of halogens is 1. The van der Waals surface area contributed by atoms with E-state index < -0.39 is 0 Å². The predicted octanol–water partition coefficient (Wildman–Crippen LogP) is 3.88. The Bertz CT molecular complexity index is 352. The molecule has 0 aliphatic rings. The molecule has 1 aromatic rings. The lowest BCUT2D eigenvalue weighted by molar-refractivity contribution is 0.414. The van der Waals surface area contributed by atoms with E-state index in [1.807, 2.05) is 0 Å². The number of anilines is 1. The van der Waals surface area contributed by atoms with Crippen molar-refractivity contribution in [2.75, 3.05) is 31.5 Å². The summed E-state index contributed by atoms with van der Waals surface area (Å²) in [6.45, 7) is 5.32. The van der Waals surface area contributed by atoms with Crippen LogP contribution in [-0.2, 0) is 0 Å². The van der Waals surface area contributed by atoms with Crippen LogP contribution in [0, 0.1) is 0 Å². The van der Waals surface area contributed by atoms with E-state index in [-0.39, 0.29) is 0 Å². The number of rotatable bonds is 6. The monoisotopic (exact) mass is 255 g/mol. The van der Waals surface area contributed by atoms with Crippen molar-refractivity contribution in [1.29, 1.82) is 0 Å². The number of alkyl halides is 1. The number of hydrogen-bond donors (Lipinski definition) is 0. The second-order valence-corrected chi connectivity index (χ2v) is 4.93. The van der Waals surface area contributed by atoms with Gasteiger partial charge in [0, 0.05) is 19.5 Å². The number of methoxy groups -OCH3 is 1. The van der Waals surface area contributed by atoms with Crippen LogP contribution in [0.1, 0.15) is 31.7 Å². The molecule has 0 heterocycles. The van der Waals surface area contributed by atoms with E-state index in [2.05, 4.69) is 44.0 Å². The third-order valence-corrected chi connectivity index (χ3v) is 3.18. The van der Waals surface area contributed by atoms with Gasteiger partial charge in [0.15, 0.2) is 0 Å². The molecule has 0 aliphatic heterocycles. The fourth-order valence-electron chi connectivity index (χ4n) is 1.79. The van der Waals surface area contributed by atoms with Gasteiger partial charge in [-0.2, -0.15) is 0 Å². The van der Waals surface area contributed by atoms with E-state index in [0.717, 1.165) is 24.4 Å². The molecular formula is C14H22ClNO. The topological polar surface area (TPSA) is 12.5 Å². The van der Waals surface area contributed by atoms with Crippen LogP contribution in [0.4, 0.5) is 5.69 Å². The average Bonchev–Trinajstić information content (AvgIpc) is 2.34. The number of nitrogens with zero attached hydrogens (tertiary/aromatic N) is 1. The molecule has 0 N–H and O–H groups in total. The largest absolute Gasteiger partial charge is 0.495 e. The summed E-state index contributed by atoms with van der Waals surface area (Å²) < 4.78 is 5.46. The zero-order valence-corrected chi connectivity index (χ0v) is 11.9. The summed E-state index contributed by atoms with van der Waals surface area (Å²) in [5, 5.41) is 0. The molecule has 0 radical (unpaired) electrons. The highest BCUT2D eigenvalue weighted by Crippen LogP contribution is 2.31. The molecule has 0 bridgehead atoms. The van der Waals surface area contributed by atoms with Crippen LogP contribution in [0.2, 0.25) is 0 Å². The molecular weight excluding hydrogens is 234 g/mol. The highest BCUT2D eigenvalue weighted by Gasteiger charge is 2.10. The summed E-state index contributed by atoms with van der Waals surface area (Å²) in [5.41, 5.74) is 2.43. The lowest BCUT2D eigenvalue weighted by atomic mass is 10.0. The van der Waals surface area contributed by atoms with Gasteiger partial charge in [-0.1, -0.05) is 19.9 Å². The fourth-order valence-corrected chi connectivity index (χ4v) is 1.91. The number of benzene rings is 1. The van der Waals surface area contributed by atoms with Crippen molar-refractivity contribution in [2.24, 2.45) is 0 Å². The molecule has 0 atom stereocenters. The lowest BCUT2D eigenvalue weighted by Crippen LogP contribution is -2.19. The van der Waals surface area contributed by atoms with Crippen molar-refractivity contribution in [3.05, 3.63) is 23.8 Å². The van der Waals surface area contributed by atoms with Crippen LogP contribution in [-0.4, -0.2) is 26.6 Å². The minimum Gasteiger partial charge on any atom is -0.495 e. The van der Waals surface area contributed by atoms with Crippen molar-refractivity contribution >= 4 is 17.3 Å². The SMILES string of the molecule is COc1cc(C(C)C)ccc1N(C)CCCCl. The second kappa shape index (κ2) is 6.75. The molecule has 1 aromatic carbocycles. The molecule has 2 nitrogen and oxygen atoms in total. The van der Waals surface area contributed by atoms with Crippen LogP contribution in [0.25, 0.3) is 0 Å². The van der Waals surface area contributed by atoms with Gasteiger partial charge in [0.25, 0.3) is 0 Å². The Morgan fingerprint density at radius 3 is 2.59 bits per heavy atom. The quantitative estimate of drug-likeness (QED) is 0.716. The van der Waals surface area contributed by atoms with Crippen LogP contribution in [0.5, 0.6) is 5.75 Å². The van der Waals surface area contributed by atoms with Gasteiger partial charge in [-0.05, 0) is 30.0 Å². The average molecular weight is 256 g/mol. The molecule has 0 amide bonds. The summed E-state index contributed by atoms with van der Waals surface area (Å²) in [6, 6.07) is 6.42. The summed E-state index contributed by atoms with van der Waals surface area (Å²) in [7, 11) is 3.79. The first-order valence-corrected chi connectivity index (χ1v) is 6.58. The Morgan fingerprint density at radius 2 is 2.06 bits per heavy atom. The summed E-state index contributed by atoms with van der Waals surface area (Å²) >= 11 is 5.72.